The summed E-state index contributed by atoms with van der Waals surface area (Å²) in [7, 11) is 0. The highest BCUT2D eigenvalue weighted by molar-refractivity contribution is 9.11. The van der Waals surface area contributed by atoms with Gasteiger partial charge in [-0.2, -0.15) is 0 Å². The van der Waals surface area contributed by atoms with Crippen molar-refractivity contribution in [3.63, 3.8) is 0 Å². The van der Waals surface area contributed by atoms with Crippen molar-refractivity contribution in [1.29, 1.82) is 0 Å². The smallest absolute Gasteiger partial charge is 0.252 e. The van der Waals surface area contributed by atoms with Gasteiger partial charge < -0.3 is 5.32 Å². The number of amides is 1. The van der Waals surface area contributed by atoms with Crippen LogP contribution in [-0.4, -0.2) is 5.91 Å². The van der Waals surface area contributed by atoms with Gasteiger partial charge in [-0.3, -0.25) is 4.79 Å². The average Bonchev–Trinajstić information content (AvgIpc) is 2.37. The number of halogens is 3. The predicted octanol–water partition coefficient (Wildman–Crippen LogP) is 5.64. The normalized spacial score (nSPS) is 11.3. The predicted molar refractivity (Wildman–Crippen MR) is 96.5 cm³/mol. The molecular weight excluding hydrogens is 462 g/mol. The van der Waals surface area contributed by atoms with E-state index in [0.29, 0.717) is 5.56 Å². The Morgan fingerprint density at radius 2 is 1.43 bits per heavy atom. The fourth-order valence-corrected chi connectivity index (χ4v) is 3.54. The van der Waals surface area contributed by atoms with Gasteiger partial charge in [-0.25, -0.2) is 0 Å². The van der Waals surface area contributed by atoms with Crippen LogP contribution in [0.1, 0.15) is 29.8 Å². The first-order valence-electron chi connectivity index (χ1n) is 6.32. The average molecular weight is 476 g/mol. The van der Waals surface area contributed by atoms with Crippen molar-refractivity contribution < 1.29 is 4.79 Å². The van der Waals surface area contributed by atoms with Gasteiger partial charge in [-0.15, -0.1) is 0 Å². The Morgan fingerprint density at radius 3 is 1.95 bits per heavy atom. The Morgan fingerprint density at radius 1 is 0.905 bits per heavy atom. The van der Waals surface area contributed by atoms with Crippen molar-refractivity contribution in [3.05, 3.63) is 67.0 Å². The lowest BCUT2D eigenvalue weighted by Gasteiger charge is -2.27. The second kappa shape index (κ2) is 6.63. The largest absolute Gasteiger partial charge is 0.343 e. The molecule has 0 aliphatic carbocycles. The first-order valence-corrected chi connectivity index (χ1v) is 8.70. The van der Waals surface area contributed by atoms with Crippen LogP contribution in [0.4, 0.5) is 0 Å². The summed E-state index contributed by atoms with van der Waals surface area (Å²) in [6.45, 7) is 3.97. The van der Waals surface area contributed by atoms with Crippen molar-refractivity contribution in [3.8, 4) is 0 Å². The SMILES string of the molecule is CC(C)(NC(=O)c1cc(Br)cc(Br)c1)c1ccc(Br)cc1. The molecule has 0 aromatic heterocycles. The molecule has 0 fully saturated rings. The number of carbonyl (C=O) groups is 1. The zero-order chi connectivity index (χ0) is 15.6. The number of rotatable bonds is 3. The van der Waals surface area contributed by atoms with Crippen LogP contribution < -0.4 is 5.32 Å². The van der Waals surface area contributed by atoms with Gasteiger partial charge in [0.15, 0.2) is 0 Å². The summed E-state index contributed by atoms with van der Waals surface area (Å²) in [5, 5.41) is 3.07. The van der Waals surface area contributed by atoms with Crippen molar-refractivity contribution in [1.82, 2.24) is 5.32 Å². The molecule has 21 heavy (non-hydrogen) atoms. The minimum absolute atomic E-state index is 0.107. The molecule has 2 aromatic rings. The molecule has 110 valence electrons. The maximum absolute atomic E-state index is 12.4. The van der Waals surface area contributed by atoms with E-state index in [2.05, 4.69) is 53.1 Å². The third-order valence-electron chi connectivity index (χ3n) is 3.12. The molecule has 0 atom stereocenters. The molecule has 5 heteroatoms. The Bertz CT molecular complexity index is 645. The van der Waals surface area contributed by atoms with Crippen LogP contribution in [0.15, 0.2) is 55.9 Å². The molecule has 0 saturated heterocycles. The standard InChI is InChI=1S/C16H14Br3NO/c1-16(2,11-3-5-12(17)6-4-11)20-15(21)10-7-13(18)9-14(19)8-10/h3-9H,1-2H3,(H,20,21). The van der Waals surface area contributed by atoms with Gasteiger partial charge in [0.05, 0.1) is 5.54 Å². The van der Waals surface area contributed by atoms with Gasteiger partial charge in [0.2, 0.25) is 0 Å². The summed E-state index contributed by atoms with van der Waals surface area (Å²) in [6.07, 6.45) is 0. The van der Waals surface area contributed by atoms with Crippen molar-refractivity contribution in [2.24, 2.45) is 0 Å². The third kappa shape index (κ3) is 4.41. The summed E-state index contributed by atoms with van der Waals surface area (Å²) < 4.78 is 2.75. The molecule has 0 unspecified atom stereocenters. The van der Waals surface area contributed by atoms with Gasteiger partial charge >= 0.3 is 0 Å². The Labute approximate surface area is 149 Å². The quantitative estimate of drug-likeness (QED) is 0.611. The maximum atomic E-state index is 12.4. The van der Waals surface area contributed by atoms with Gasteiger partial charge in [-0.05, 0) is 49.7 Å². The van der Waals surface area contributed by atoms with Crippen molar-refractivity contribution >= 4 is 53.7 Å². The molecule has 2 nitrogen and oxygen atoms in total. The zero-order valence-electron chi connectivity index (χ0n) is 11.6. The number of hydrogen-bond donors (Lipinski definition) is 1. The van der Waals surface area contributed by atoms with Crippen LogP contribution in [0.5, 0.6) is 0 Å². The molecular formula is C16H14Br3NO. The van der Waals surface area contributed by atoms with E-state index >= 15 is 0 Å². The summed E-state index contributed by atoms with van der Waals surface area (Å²) >= 11 is 10.2. The molecule has 1 N–H and O–H groups in total. The van der Waals surface area contributed by atoms with E-state index in [1.807, 2.05) is 44.2 Å². The number of benzene rings is 2. The van der Waals surface area contributed by atoms with E-state index in [1.165, 1.54) is 0 Å². The van der Waals surface area contributed by atoms with E-state index in [9.17, 15) is 4.79 Å². The molecule has 2 aromatic carbocycles. The zero-order valence-corrected chi connectivity index (χ0v) is 16.3. The fraction of sp³-hybridized carbons (Fsp3) is 0.188. The van der Waals surface area contributed by atoms with E-state index in [1.54, 1.807) is 12.1 Å². The monoisotopic (exact) mass is 473 g/mol. The lowest BCUT2D eigenvalue weighted by molar-refractivity contribution is 0.0912. The van der Waals surface area contributed by atoms with Crippen LogP contribution in [0.3, 0.4) is 0 Å². The van der Waals surface area contributed by atoms with E-state index in [-0.39, 0.29) is 5.91 Å². The molecule has 0 aliphatic heterocycles. The lowest BCUT2D eigenvalue weighted by atomic mass is 9.94. The molecule has 0 radical (unpaired) electrons. The summed E-state index contributed by atoms with van der Waals surface area (Å²) in [6, 6.07) is 13.5. The van der Waals surface area contributed by atoms with Crippen LogP contribution in [0.25, 0.3) is 0 Å². The molecule has 0 heterocycles. The summed E-state index contributed by atoms with van der Waals surface area (Å²) in [5.74, 6) is -0.107. The van der Waals surface area contributed by atoms with Crippen molar-refractivity contribution in [2.45, 2.75) is 19.4 Å². The maximum Gasteiger partial charge on any atom is 0.252 e. The molecule has 1 amide bonds. The molecule has 0 aliphatic rings. The Kier molecular flexibility index (Phi) is 5.28. The van der Waals surface area contributed by atoms with Gasteiger partial charge in [0, 0.05) is 19.0 Å². The highest BCUT2D eigenvalue weighted by Crippen LogP contribution is 2.24. The number of hydrogen-bond acceptors (Lipinski definition) is 1. The number of nitrogens with one attached hydrogen (secondary N) is 1. The van der Waals surface area contributed by atoms with Crippen LogP contribution in [-0.2, 0) is 5.54 Å². The molecule has 0 spiro atoms. The van der Waals surface area contributed by atoms with Gasteiger partial charge in [0.1, 0.15) is 0 Å². The number of carbonyl (C=O) groups excluding carboxylic acids is 1. The lowest BCUT2D eigenvalue weighted by Crippen LogP contribution is -2.41. The minimum Gasteiger partial charge on any atom is -0.343 e. The second-order valence-corrected chi connectivity index (χ2v) is 7.99. The van der Waals surface area contributed by atoms with Crippen molar-refractivity contribution in [2.75, 3.05) is 0 Å². The van der Waals surface area contributed by atoms with Crippen LogP contribution in [0, 0.1) is 0 Å². The Hall–Kier alpha value is -0.650. The minimum atomic E-state index is -0.452. The summed E-state index contributed by atoms with van der Waals surface area (Å²) in [5.41, 5.74) is 1.21. The third-order valence-corrected chi connectivity index (χ3v) is 4.56. The topological polar surface area (TPSA) is 29.1 Å². The fourth-order valence-electron chi connectivity index (χ4n) is 1.98. The molecule has 0 bridgehead atoms. The highest BCUT2D eigenvalue weighted by atomic mass is 79.9. The van der Waals surface area contributed by atoms with Gasteiger partial charge in [0.25, 0.3) is 5.91 Å². The Balaban J connectivity index is 2.23. The van der Waals surface area contributed by atoms with Crippen LogP contribution >= 0.6 is 47.8 Å². The van der Waals surface area contributed by atoms with Crippen LogP contribution in [0.2, 0.25) is 0 Å². The second-order valence-electron chi connectivity index (χ2n) is 5.24. The molecule has 2 rings (SSSR count). The first-order chi connectivity index (χ1) is 9.78. The van der Waals surface area contributed by atoms with E-state index in [4.69, 9.17) is 0 Å². The van der Waals surface area contributed by atoms with E-state index in [0.717, 1.165) is 19.0 Å². The van der Waals surface area contributed by atoms with E-state index < -0.39 is 5.54 Å². The highest BCUT2D eigenvalue weighted by Gasteiger charge is 2.23. The van der Waals surface area contributed by atoms with Gasteiger partial charge in [-0.1, -0.05) is 59.9 Å². The summed E-state index contributed by atoms with van der Waals surface area (Å²) in [4.78, 5) is 12.4. The molecule has 0 saturated carbocycles. The first kappa shape index (κ1) is 16.7.